The van der Waals surface area contributed by atoms with E-state index in [0.717, 1.165) is 42.7 Å². The zero-order valence-electron chi connectivity index (χ0n) is 18.8. The van der Waals surface area contributed by atoms with Gasteiger partial charge in [-0.25, -0.2) is 8.42 Å². The molecule has 178 valence electrons. The average molecular weight is 482 g/mol. The first-order chi connectivity index (χ1) is 16.5. The van der Waals surface area contributed by atoms with Crippen LogP contribution < -0.4 is 14.8 Å². The monoisotopic (exact) mass is 481 g/mol. The summed E-state index contributed by atoms with van der Waals surface area (Å²) in [5.41, 5.74) is 0.945. The van der Waals surface area contributed by atoms with Crippen LogP contribution >= 0.6 is 0 Å². The van der Waals surface area contributed by atoms with Gasteiger partial charge < -0.3 is 19.2 Å². The molecule has 2 heterocycles. The maximum Gasteiger partial charge on any atom is 0.287 e. The van der Waals surface area contributed by atoms with Gasteiger partial charge in [0.2, 0.25) is 0 Å². The number of ether oxygens (including phenoxy) is 2. The van der Waals surface area contributed by atoms with Crippen molar-refractivity contribution in [1.82, 2.24) is 5.32 Å². The summed E-state index contributed by atoms with van der Waals surface area (Å²) in [4.78, 5) is 13.1. The summed E-state index contributed by atoms with van der Waals surface area (Å²) in [6.07, 6.45) is 4.11. The first-order valence-corrected chi connectivity index (χ1v) is 13.2. The zero-order chi connectivity index (χ0) is 23.6. The lowest BCUT2D eigenvalue weighted by atomic mass is 9.78. The van der Waals surface area contributed by atoms with Crippen LogP contribution in [0.25, 0.3) is 0 Å². The number of nitrogens with one attached hydrogen (secondary N) is 1. The molecule has 7 nitrogen and oxygen atoms in total. The lowest BCUT2D eigenvalue weighted by Gasteiger charge is -2.31. The van der Waals surface area contributed by atoms with E-state index in [9.17, 15) is 13.2 Å². The quantitative estimate of drug-likeness (QED) is 0.542. The summed E-state index contributed by atoms with van der Waals surface area (Å²) in [7, 11) is -3.55. The largest absolute Gasteiger partial charge is 0.486 e. The van der Waals surface area contributed by atoms with E-state index in [4.69, 9.17) is 13.9 Å². The van der Waals surface area contributed by atoms with Gasteiger partial charge in [0.15, 0.2) is 27.1 Å². The molecule has 1 aliphatic carbocycles. The number of rotatable bonds is 7. The fraction of sp³-hybridized carbons (Fsp3) is 0.346. The number of benzene rings is 2. The van der Waals surface area contributed by atoms with E-state index in [1.807, 2.05) is 12.1 Å². The number of furan rings is 1. The minimum absolute atomic E-state index is 0.105. The van der Waals surface area contributed by atoms with Crippen LogP contribution in [0, 0.1) is 0 Å². The fourth-order valence-electron chi connectivity index (χ4n) is 4.81. The predicted molar refractivity (Wildman–Crippen MR) is 126 cm³/mol. The van der Waals surface area contributed by atoms with Crippen LogP contribution in [0.3, 0.4) is 0 Å². The van der Waals surface area contributed by atoms with E-state index in [1.54, 1.807) is 36.4 Å². The summed E-state index contributed by atoms with van der Waals surface area (Å²) in [5.74, 6) is 1.18. The van der Waals surface area contributed by atoms with E-state index in [1.165, 1.54) is 6.07 Å². The lowest BCUT2D eigenvalue weighted by Crippen LogP contribution is -2.39. The molecule has 5 rings (SSSR count). The zero-order valence-corrected chi connectivity index (χ0v) is 19.6. The van der Waals surface area contributed by atoms with Gasteiger partial charge >= 0.3 is 0 Å². The summed E-state index contributed by atoms with van der Waals surface area (Å²) >= 11 is 0. The molecule has 0 saturated heterocycles. The summed E-state index contributed by atoms with van der Waals surface area (Å²) < 4.78 is 42.2. The van der Waals surface area contributed by atoms with Crippen molar-refractivity contribution in [1.29, 1.82) is 0 Å². The maximum atomic E-state index is 12.9. The standard InChI is InChI=1S/C26H27NO6S/c28-25(23-11-9-20(33-23)17-34(29,30)21-6-2-1-3-7-21)27-18-26(12-4-5-13-26)19-8-10-22-24(16-19)32-15-14-31-22/h1-3,6-11,16H,4-5,12-15,17-18H2,(H,27,28). The first-order valence-electron chi connectivity index (χ1n) is 11.5. The molecule has 0 bridgehead atoms. The van der Waals surface area contributed by atoms with Gasteiger partial charge in [-0.3, -0.25) is 4.79 Å². The second-order valence-electron chi connectivity index (χ2n) is 8.87. The molecule has 3 aromatic rings. The van der Waals surface area contributed by atoms with Crippen molar-refractivity contribution in [3.05, 3.63) is 77.7 Å². The molecule has 0 spiro atoms. The first kappa shape index (κ1) is 22.5. The summed E-state index contributed by atoms with van der Waals surface area (Å²) in [6.45, 7) is 1.54. The Hall–Kier alpha value is -3.26. The molecule has 8 heteroatoms. The Morgan fingerprint density at radius 3 is 2.41 bits per heavy atom. The van der Waals surface area contributed by atoms with Crippen LogP contribution in [0.1, 0.15) is 47.6 Å². The smallest absolute Gasteiger partial charge is 0.287 e. The molecular weight excluding hydrogens is 454 g/mol. The van der Waals surface area contributed by atoms with Crippen LogP contribution in [0.4, 0.5) is 0 Å². The second-order valence-corrected chi connectivity index (χ2v) is 10.9. The Balaban J connectivity index is 1.28. The van der Waals surface area contributed by atoms with E-state index in [2.05, 4.69) is 11.4 Å². The Bertz CT molecular complexity index is 1280. The van der Waals surface area contributed by atoms with Gasteiger partial charge in [0.05, 0.1) is 4.90 Å². The van der Waals surface area contributed by atoms with Gasteiger partial charge in [-0.05, 0) is 54.8 Å². The number of carbonyl (C=O) groups is 1. The molecule has 0 radical (unpaired) electrons. The Labute approximate surface area is 199 Å². The molecule has 1 N–H and O–H groups in total. The van der Waals surface area contributed by atoms with Crippen LogP contribution in [0.2, 0.25) is 0 Å². The molecule has 1 aliphatic heterocycles. The van der Waals surface area contributed by atoms with Crippen molar-refractivity contribution in [2.24, 2.45) is 0 Å². The van der Waals surface area contributed by atoms with Gasteiger partial charge in [0, 0.05) is 12.0 Å². The SMILES string of the molecule is O=C(NCC1(c2ccc3c(c2)OCCO3)CCCC1)c1ccc(CS(=O)(=O)c2ccccc2)o1. The molecule has 34 heavy (non-hydrogen) atoms. The van der Waals surface area contributed by atoms with Crippen molar-refractivity contribution in [3.63, 3.8) is 0 Å². The predicted octanol–water partition coefficient (Wildman–Crippen LogP) is 4.27. The van der Waals surface area contributed by atoms with Crippen LogP contribution in [-0.4, -0.2) is 34.1 Å². The Morgan fingerprint density at radius 2 is 1.65 bits per heavy atom. The average Bonchev–Trinajstić information content (AvgIpc) is 3.53. The molecule has 0 unspecified atom stereocenters. The van der Waals surface area contributed by atoms with Gasteiger partial charge in [0.1, 0.15) is 24.7 Å². The van der Waals surface area contributed by atoms with Crippen molar-refractivity contribution in [2.45, 2.75) is 41.7 Å². The molecule has 1 aromatic heterocycles. The van der Waals surface area contributed by atoms with Crippen molar-refractivity contribution in [2.75, 3.05) is 19.8 Å². The molecular formula is C26H27NO6S. The number of carbonyl (C=O) groups excluding carboxylic acids is 1. The lowest BCUT2D eigenvalue weighted by molar-refractivity contribution is 0.0913. The maximum absolute atomic E-state index is 12.9. The van der Waals surface area contributed by atoms with E-state index in [0.29, 0.717) is 19.8 Å². The molecule has 2 aliphatic rings. The van der Waals surface area contributed by atoms with E-state index < -0.39 is 9.84 Å². The number of hydrogen-bond acceptors (Lipinski definition) is 6. The number of sulfone groups is 1. The highest BCUT2D eigenvalue weighted by molar-refractivity contribution is 7.90. The van der Waals surface area contributed by atoms with Crippen molar-refractivity contribution >= 4 is 15.7 Å². The Kier molecular flexibility index (Phi) is 6.08. The van der Waals surface area contributed by atoms with Gasteiger partial charge in [-0.1, -0.05) is 37.1 Å². The molecule has 1 fully saturated rings. The van der Waals surface area contributed by atoms with Gasteiger partial charge in [-0.15, -0.1) is 0 Å². The van der Waals surface area contributed by atoms with Crippen LogP contribution in [-0.2, 0) is 21.0 Å². The van der Waals surface area contributed by atoms with Crippen LogP contribution in [0.15, 0.2) is 70.0 Å². The highest BCUT2D eigenvalue weighted by Gasteiger charge is 2.37. The number of amides is 1. The molecule has 1 saturated carbocycles. The van der Waals surface area contributed by atoms with Crippen LogP contribution in [0.5, 0.6) is 11.5 Å². The number of fused-ring (bicyclic) bond motifs is 1. The highest BCUT2D eigenvalue weighted by atomic mass is 32.2. The minimum atomic E-state index is -3.55. The topological polar surface area (TPSA) is 94.8 Å². The summed E-state index contributed by atoms with van der Waals surface area (Å²) in [5, 5.41) is 3.01. The normalized spacial score (nSPS) is 16.8. The molecule has 0 atom stereocenters. The van der Waals surface area contributed by atoms with Gasteiger partial charge in [0.25, 0.3) is 5.91 Å². The Morgan fingerprint density at radius 1 is 0.912 bits per heavy atom. The molecule has 1 amide bonds. The number of hydrogen-bond donors (Lipinski definition) is 1. The van der Waals surface area contributed by atoms with Crippen molar-refractivity contribution < 1.29 is 27.1 Å². The minimum Gasteiger partial charge on any atom is -0.486 e. The molecule has 2 aromatic carbocycles. The highest BCUT2D eigenvalue weighted by Crippen LogP contribution is 2.43. The van der Waals surface area contributed by atoms with E-state index in [-0.39, 0.29) is 33.5 Å². The third kappa shape index (κ3) is 4.55. The van der Waals surface area contributed by atoms with E-state index >= 15 is 0 Å². The third-order valence-electron chi connectivity index (χ3n) is 6.62. The third-order valence-corrected chi connectivity index (χ3v) is 8.28. The summed E-state index contributed by atoms with van der Waals surface area (Å²) in [6, 6.07) is 17.3. The van der Waals surface area contributed by atoms with Crippen molar-refractivity contribution in [3.8, 4) is 11.5 Å². The fourth-order valence-corrected chi connectivity index (χ4v) is 6.07. The van der Waals surface area contributed by atoms with Gasteiger partial charge in [-0.2, -0.15) is 0 Å². The second kappa shape index (κ2) is 9.18.